The van der Waals surface area contributed by atoms with Crippen LogP contribution >= 0.6 is 0 Å². The number of benzene rings is 1. The molecule has 0 bridgehead atoms. The first-order chi connectivity index (χ1) is 9.12. The molecule has 1 aromatic carbocycles. The molecule has 1 amide bonds. The van der Waals surface area contributed by atoms with Gasteiger partial charge in [0.2, 0.25) is 5.91 Å². The molecular weight excluding hydrogens is 248 g/mol. The van der Waals surface area contributed by atoms with Gasteiger partial charge in [-0.25, -0.2) is 4.79 Å². The molecule has 0 radical (unpaired) electrons. The molecule has 0 saturated carbocycles. The van der Waals surface area contributed by atoms with E-state index in [1.165, 1.54) is 13.2 Å². The highest BCUT2D eigenvalue weighted by molar-refractivity contribution is 5.95. The third-order valence-electron chi connectivity index (χ3n) is 2.32. The van der Waals surface area contributed by atoms with Gasteiger partial charge in [0.1, 0.15) is 5.75 Å². The zero-order valence-corrected chi connectivity index (χ0v) is 11.1. The average Bonchev–Trinajstić information content (AvgIpc) is 2.45. The molecule has 6 nitrogen and oxygen atoms in total. The number of nitrogens with one attached hydrogen (secondary N) is 1. The minimum Gasteiger partial charge on any atom is -0.491 e. The van der Waals surface area contributed by atoms with Gasteiger partial charge >= 0.3 is 5.97 Å². The van der Waals surface area contributed by atoms with Crippen molar-refractivity contribution < 1.29 is 19.1 Å². The monoisotopic (exact) mass is 266 g/mol. The van der Waals surface area contributed by atoms with E-state index in [0.717, 1.165) is 6.42 Å². The largest absolute Gasteiger partial charge is 0.491 e. The van der Waals surface area contributed by atoms with Gasteiger partial charge in [0, 0.05) is 0 Å². The number of methoxy groups -OCH3 is 1. The molecule has 104 valence electrons. The Balaban J connectivity index is 3.01. The number of rotatable bonds is 6. The van der Waals surface area contributed by atoms with Crippen molar-refractivity contribution >= 4 is 17.6 Å². The van der Waals surface area contributed by atoms with E-state index in [1.807, 2.05) is 6.92 Å². The predicted molar refractivity (Wildman–Crippen MR) is 71.3 cm³/mol. The maximum atomic E-state index is 11.4. The van der Waals surface area contributed by atoms with Gasteiger partial charge in [-0.2, -0.15) is 0 Å². The minimum absolute atomic E-state index is 0.119. The van der Waals surface area contributed by atoms with E-state index < -0.39 is 5.97 Å². The summed E-state index contributed by atoms with van der Waals surface area (Å²) in [7, 11) is 1.30. The predicted octanol–water partition coefficient (Wildman–Crippen LogP) is 1.16. The molecule has 6 heteroatoms. The second kappa shape index (κ2) is 7.38. The maximum absolute atomic E-state index is 11.4. The number of amides is 1. The van der Waals surface area contributed by atoms with Crippen LogP contribution in [-0.2, 0) is 9.53 Å². The van der Waals surface area contributed by atoms with E-state index >= 15 is 0 Å². The Kier molecular flexibility index (Phi) is 5.81. The third-order valence-corrected chi connectivity index (χ3v) is 2.32. The van der Waals surface area contributed by atoms with Crippen molar-refractivity contribution in [1.82, 2.24) is 0 Å². The molecule has 0 unspecified atom stereocenters. The maximum Gasteiger partial charge on any atom is 0.337 e. The first-order valence-corrected chi connectivity index (χ1v) is 5.97. The van der Waals surface area contributed by atoms with Crippen LogP contribution in [0.4, 0.5) is 5.69 Å². The fourth-order valence-electron chi connectivity index (χ4n) is 1.40. The highest BCUT2D eigenvalue weighted by atomic mass is 16.5. The molecule has 0 aliphatic rings. The van der Waals surface area contributed by atoms with E-state index in [4.69, 9.17) is 10.5 Å². The quantitative estimate of drug-likeness (QED) is 0.754. The smallest absolute Gasteiger partial charge is 0.337 e. The molecule has 19 heavy (non-hydrogen) atoms. The van der Waals surface area contributed by atoms with E-state index in [-0.39, 0.29) is 12.5 Å². The van der Waals surface area contributed by atoms with Crippen molar-refractivity contribution in [2.45, 2.75) is 13.3 Å². The highest BCUT2D eigenvalue weighted by Gasteiger charge is 2.12. The second-order valence-corrected chi connectivity index (χ2v) is 3.80. The lowest BCUT2D eigenvalue weighted by atomic mass is 10.2. The number of hydrogen-bond acceptors (Lipinski definition) is 5. The van der Waals surface area contributed by atoms with Crippen LogP contribution in [-0.4, -0.2) is 32.1 Å². The van der Waals surface area contributed by atoms with Crippen LogP contribution in [0.1, 0.15) is 23.7 Å². The van der Waals surface area contributed by atoms with Crippen LogP contribution in [0.3, 0.4) is 0 Å². The van der Waals surface area contributed by atoms with E-state index in [0.29, 0.717) is 23.6 Å². The average molecular weight is 266 g/mol. The summed E-state index contributed by atoms with van der Waals surface area (Å²) in [4.78, 5) is 22.7. The van der Waals surface area contributed by atoms with Gasteiger partial charge in [0.15, 0.2) is 0 Å². The Morgan fingerprint density at radius 2 is 2.11 bits per heavy atom. The zero-order valence-electron chi connectivity index (χ0n) is 11.1. The number of hydrogen-bond donors (Lipinski definition) is 2. The minimum atomic E-state index is -0.460. The molecular formula is C13H18N2O4. The summed E-state index contributed by atoms with van der Waals surface area (Å²) >= 11 is 0. The topological polar surface area (TPSA) is 90.6 Å². The van der Waals surface area contributed by atoms with Gasteiger partial charge in [0.05, 0.1) is 31.5 Å². The lowest BCUT2D eigenvalue weighted by Crippen LogP contribution is -2.22. The standard InChI is InChI=1S/C13H18N2O4/c1-3-6-19-11-7-9(13(17)18-2)4-5-10(11)15-12(16)8-14/h4-5,7H,3,6,8,14H2,1-2H3,(H,15,16). The molecule has 0 aromatic heterocycles. The van der Waals surface area contributed by atoms with Crippen LogP contribution in [0.5, 0.6) is 5.75 Å². The second-order valence-electron chi connectivity index (χ2n) is 3.80. The first-order valence-electron chi connectivity index (χ1n) is 5.97. The molecule has 3 N–H and O–H groups in total. The molecule has 0 aliphatic heterocycles. The lowest BCUT2D eigenvalue weighted by molar-refractivity contribution is -0.114. The summed E-state index contributed by atoms with van der Waals surface area (Å²) < 4.78 is 10.1. The Bertz CT molecular complexity index is 460. The molecule has 0 heterocycles. The van der Waals surface area contributed by atoms with E-state index in [1.54, 1.807) is 12.1 Å². The Labute approximate surface area is 111 Å². The number of carbonyl (C=O) groups excluding carboxylic acids is 2. The Hall–Kier alpha value is -2.08. The molecule has 0 fully saturated rings. The van der Waals surface area contributed by atoms with Gasteiger partial charge in [0.25, 0.3) is 0 Å². The fourth-order valence-corrected chi connectivity index (χ4v) is 1.40. The fraction of sp³-hybridized carbons (Fsp3) is 0.385. The van der Waals surface area contributed by atoms with E-state index in [2.05, 4.69) is 10.1 Å². The third kappa shape index (κ3) is 4.26. The lowest BCUT2D eigenvalue weighted by Gasteiger charge is -2.12. The van der Waals surface area contributed by atoms with Crippen LogP contribution in [0.15, 0.2) is 18.2 Å². The van der Waals surface area contributed by atoms with E-state index in [9.17, 15) is 9.59 Å². The molecule has 0 saturated heterocycles. The van der Waals surface area contributed by atoms with Crippen LogP contribution < -0.4 is 15.8 Å². The van der Waals surface area contributed by atoms with Crippen molar-refractivity contribution in [3.63, 3.8) is 0 Å². The van der Waals surface area contributed by atoms with Gasteiger partial charge in [-0.05, 0) is 24.6 Å². The normalized spacial score (nSPS) is 9.84. The number of esters is 1. The van der Waals surface area contributed by atoms with Crippen molar-refractivity contribution in [3.8, 4) is 5.75 Å². The Morgan fingerprint density at radius 3 is 2.68 bits per heavy atom. The molecule has 0 spiro atoms. The highest BCUT2D eigenvalue weighted by Crippen LogP contribution is 2.26. The number of anilines is 1. The van der Waals surface area contributed by atoms with Crippen molar-refractivity contribution in [2.75, 3.05) is 25.6 Å². The molecule has 0 aliphatic carbocycles. The number of ether oxygens (including phenoxy) is 2. The van der Waals surface area contributed by atoms with Gasteiger partial charge < -0.3 is 20.5 Å². The number of nitrogens with two attached hydrogens (primary N) is 1. The van der Waals surface area contributed by atoms with Gasteiger partial charge in [-0.15, -0.1) is 0 Å². The van der Waals surface area contributed by atoms with Crippen molar-refractivity contribution in [1.29, 1.82) is 0 Å². The first kappa shape index (κ1) is 15.0. The van der Waals surface area contributed by atoms with Crippen molar-refractivity contribution in [3.05, 3.63) is 23.8 Å². The molecule has 1 aromatic rings. The molecule has 1 rings (SSSR count). The SMILES string of the molecule is CCCOc1cc(C(=O)OC)ccc1NC(=O)CN. The van der Waals surface area contributed by atoms with Crippen LogP contribution in [0.25, 0.3) is 0 Å². The summed E-state index contributed by atoms with van der Waals surface area (Å²) in [6.45, 7) is 2.32. The zero-order chi connectivity index (χ0) is 14.3. The summed E-state index contributed by atoms with van der Waals surface area (Å²) in [5.41, 5.74) is 6.09. The summed E-state index contributed by atoms with van der Waals surface area (Å²) in [5, 5.41) is 2.61. The summed E-state index contributed by atoms with van der Waals surface area (Å²) in [5.74, 6) is -0.364. The van der Waals surface area contributed by atoms with Crippen LogP contribution in [0.2, 0.25) is 0 Å². The van der Waals surface area contributed by atoms with Crippen LogP contribution in [0, 0.1) is 0 Å². The van der Waals surface area contributed by atoms with Gasteiger partial charge in [-0.3, -0.25) is 4.79 Å². The van der Waals surface area contributed by atoms with Gasteiger partial charge in [-0.1, -0.05) is 6.92 Å². The molecule has 0 atom stereocenters. The van der Waals surface area contributed by atoms with Crippen molar-refractivity contribution in [2.24, 2.45) is 5.73 Å². The Morgan fingerprint density at radius 1 is 1.37 bits per heavy atom. The number of carbonyl (C=O) groups is 2. The summed E-state index contributed by atoms with van der Waals surface area (Å²) in [6.07, 6.45) is 0.812. The summed E-state index contributed by atoms with van der Waals surface area (Å²) in [6, 6.07) is 4.68.